The van der Waals surface area contributed by atoms with E-state index < -0.39 is 0 Å². The fraction of sp³-hybridized carbons (Fsp3) is 0.208. The van der Waals surface area contributed by atoms with Crippen molar-refractivity contribution in [2.45, 2.75) is 25.7 Å². The molecule has 3 rings (SSSR count). The van der Waals surface area contributed by atoms with Gasteiger partial charge in [-0.3, -0.25) is 5.01 Å². The smallest absolute Gasteiger partial charge is 0.180 e. The number of benzene rings is 2. The van der Waals surface area contributed by atoms with Gasteiger partial charge in [-0.2, -0.15) is 0 Å². The van der Waals surface area contributed by atoms with Gasteiger partial charge in [0, 0.05) is 24.6 Å². The molecule has 30 heavy (non-hydrogen) atoms. The molecule has 0 unspecified atom stereocenters. The van der Waals surface area contributed by atoms with Crippen molar-refractivity contribution in [1.82, 2.24) is 4.90 Å². The molecule has 5 nitrogen and oxygen atoms in total. The first kappa shape index (κ1) is 25.1. The summed E-state index contributed by atoms with van der Waals surface area (Å²) >= 11 is 1.45. The Balaban J connectivity index is 0.000000565. The van der Waals surface area contributed by atoms with Crippen LogP contribution in [0.1, 0.15) is 26.3 Å². The predicted molar refractivity (Wildman–Crippen MR) is 133 cm³/mol. The first-order valence-electron chi connectivity index (χ1n) is 9.86. The molecule has 6 heteroatoms. The van der Waals surface area contributed by atoms with Gasteiger partial charge in [0.05, 0.1) is 5.69 Å². The average molecular weight is 424 g/mol. The Morgan fingerprint density at radius 2 is 1.67 bits per heavy atom. The number of thioether (sulfide) groups is 1. The van der Waals surface area contributed by atoms with E-state index in [4.69, 9.17) is 11.6 Å². The van der Waals surface area contributed by atoms with Crippen molar-refractivity contribution in [3.8, 4) is 0 Å². The topological polar surface area (TPSA) is 70.9 Å². The van der Waals surface area contributed by atoms with Crippen LogP contribution in [-0.2, 0) is 0 Å². The Morgan fingerprint density at radius 3 is 2.20 bits per heavy atom. The molecule has 0 radical (unpaired) electrons. The Hall–Kier alpha value is -2.96. The first-order chi connectivity index (χ1) is 14.5. The summed E-state index contributed by atoms with van der Waals surface area (Å²) in [5.74, 6) is 7.66. The van der Waals surface area contributed by atoms with E-state index in [1.165, 1.54) is 11.8 Å². The molecule has 1 aliphatic heterocycles. The largest absolute Gasteiger partial charge is 0.390 e. The van der Waals surface area contributed by atoms with Crippen LogP contribution >= 0.6 is 11.8 Å². The summed E-state index contributed by atoms with van der Waals surface area (Å²) in [4.78, 5) is 7.69. The SMILES string of the molecule is C=C/C=C\C.CC.CN(C)C1=N/C(=C(/N)Sc2ccccc2)N(N)c2ccccc21. The average Bonchev–Trinajstić information content (AvgIpc) is 2.77. The van der Waals surface area contributed by atoms with E-state index in [2.05, 4.69) is 11.6 Å². The molecule has 160 valence electrons. The number of aliphatic imine (C=N–C) groups is 1. The highest BCUT2D eigenvalue weighted by atomic mass is 32.2. The Kier molecular flexibility index (Phi) is 11.1. The van der Waals surface area contributed by atoms with Crippen molar-refractivity contribution in [2.75, 3.05) is 19.1 Å². The Morgan fingerprint density at radius 1 is 1.07 bits per heavy atom. The highest BCUT2D eigenvalue weighted by Gasteiger charge is 2.25. The second kappa shape index (κ2) is 13.3. The zero-order valence-electron chi connectivity index (χ0n) is 18.5. The van der Waals surface area contributed by atoms with Gasteiger partial charge in [-0.15, -0.1) is 0 Å². The number of hydrogen-bond acceptors (Lipinski definition) is 6. The van der Waals surface area contributed by atoms with Gasteiger partial charge in [0.15, 0.2) is 5.82 Å². The molecule has 0 fully saturated rings. The van der Waals surface area contributed by atoms with Gasteiger partial charge in [0.1, 0.15) is 10.9 Å². The van der Waals surface area contributed by atoms with Crippen LogP contribution in [0.4, 0.5) is 5.69 Å². The van der Waals surface area contributed by atoms with Crippen LogP contribution in [0.25, 0.3) is 0 Å². The van der Waals surface area contributed by atoms with E-state index in [1.54, 1.807) is 11.1 Å². The maximum absolute atomic E-state index is 6.29. The van der Waals surface area contributed by atoms with E-state index >= 15 is 0 Å². The molecule has 0 amide bonds. The van der Waals surface area contributed by atoms with Crippen LogP contribution in [0.15, 0.2) is 100 Å². The zero-order chi connectivity index (χ0) is 22.5. The maximum Gasteiger partial charge on any atom is 0.180 e. The molecule has 0 spiro atoms. The highest BCUT2D eigenvalue weighted by Crippen LogP contribution is 2.33. The molecular formula is C24H33N5S. The number of amidine groups is 1. The van der Waals surface area contributed by atoms with Crippen molar-refractivity contribution >= 4 is 23.3 Å². The van der Waals surface area contributed by atoms with Crippen LogP contribution < -0.4 is 16.6 Å². The van der Waals surface area contributed by atoms with Crippen LogP contribution in [0.2, 0.25) is 0 Å². The lowest BCUT2D eigenvalue weighted by molar-refractivity contribution is 0.618. The quantitative estimate of drug-likeness (QED) is 0.396. The van der Waals surface area contributed by atoms with E-state index in [1.807, 2.05) is 107 Å². The number of nitrogens with two attached hydrogens (primary N) is 2. The summed E-state index contributed by atoms with van der Waals surface area (Å²) in [6.07, 6.45) is 5.58. The number of anilines is 1. The maximum atomic E-state index is 6.29. The third kappa shape index (κ3) is 6.83. The number of fused-ring (bicyclic) bond motifs is 1. The van der Waals surface area contributed by atoms with E-state index in [0.29, 0.717) is 10.9 Å². The summed E-state index contributed by atoms with van der Waals surface area (Å²) in [5, 5.41) is 2.11. The fourth-order valence-corrected chi connectivity index (χ4v) is 3.30. The second-order valence-electron chi connectivity index (χ2n) is 6.08. The molecule has 1 aliphatic rings. The summed E-state index contributed by atoms with van der Waals surface area (Å²) < 4.78 is 0. The van der Waals surface area contributed by atoms with Gasteiger partial charge in [-0.05, 0) is 31.2 Å². The van der Waals surface area contributed by atoms with Crippen molar-refractivity contribution in [1.29, 1.82) is 0 Å². The van der Waals surface area contributed by atoms with Gasteiger partial charge in [-0.1, -0.05) is 80.7 Å². The van der Waals surface area contributed by atoms with Gasteiger partial charge >= 0.3 is 0 Å². The minimum absolute atomic E-state index is 0.557. The van der Waals surface area contributed by atoms with Crippen molar-refractivity contribution in [2.24, 2.45) is 16.6 Å². The molecule has 0 saturated carbocycles. The molecule has 0 atom stereocenters. The third-order valence-corrected chi connectivity index (χ3v) is 4.70. The fourth-order valence-electron chi connectivity index (χ4n) is 2.51. The standard InChI is InChI=1S/C17H19N5S.C5H8.C2H6/c1-21(2)16-13-10-6-7-11-14(13)22(19)17(20-16)15(18)23-12-8-4-3-5-9-12;1-3-5-4-2;1-2/h3-11H,18-19H2,1-2H3;3-5H,1H2,2H3;1-2H3/b17-15+;5-4-;. The number of rotatable bonds is 3. The molecule has 1 heterocycles. The van der Waals surface area contributed by atoms with Crippen LogP contribution in [0, 0.1) is 0 Å². The van der Waals surface area contributed by atoms with E-state index in [9.17, 15) is 0 Å². The molecular weight excluding hydrogens is 390 g/mol. The van der Waals surface area contributed by atoms with Gasteiger partial charge in [0.25, 0.3) is 0 Å². The van der Waals surface area contributed by atoms with E-state index in [-0.39, 0.29) is 0 Å². The number of nitrogens with zero attached hydrogens (tertiary/aromatic N) is 3. The first-order valence-corrected chi connectivity index (χ1v) is 10.7. The minimum Gasteiger partial charge on any atom is -0.390 e. The predicted octanol–water partition coefficient (Wildman–Crippen LogP) is 5.34. The van der Waals surface area contributed by atoms with Crippen molar-refractivity contribution < 1.29 is 0 Å². The highest BCUT2D eigenvalue weighted by molar-refractivity contribution is 8.03. The second-order valence-corrected chi connectivity index (χ2v) is 7.20. The normalized spacial score (nSPS) is 13.8. The molecule has 2 aromatic rings. The van der Waals surface area contributed by atoms with E-state index in [0.717, 1.165) is 22.0 Å². The molecule has 4 N–H and O–H groups in total. The Labute approximate surface area is 185 Å². The lowest BCUT2D eigenvalue weighted by Crippen LogP contribution is -2.38. The summed E-state index contributed by atoms with van der Waals surface area (Å²) in [6.45, 7) is 9.42. The van der Waals surface area contributed by atoms with Crippen LogP contribution in [0.5, 0.6) is 0 Å². The molecule has 0 bridgehead atoms. The molecule has 0 aromatic heterocycles. The Bertz CT molecular complexity index is 885. The van der Waals surface area contributed by atoms with Crippen molar-refractivity contribution in [3.05, 3.63) is 95.8 Å². The number of allylic oxidation sites excluding steroid dienone is 3. The van der Waals surface area contributed by atoms with Crippen LogP contribution in [0.3, 0.4) is 0 Å². The minimum atomic E-state index is 0.557. The molecule has 0 aliphatic carbocycles. The summed E-state index contributed by atoms with van der Waals surface area (Å²) in [6, 6.07) is 17.8. The van der Waals surface area contributed by atoms with Crippen LogP contribution in [-0.4, -0.2) is 24.8 Å². The molecule has 0 saturated heterocycles. The number of para-hydroxylation sites is 1. The van der Waals surface area contributed by atoms with Crippen molar-refractivity contribution in [3.63, 3.8) is 0 Å². The number of hydrogen-bond donors (Lipinski definition) is 2. The monoisotopic (exact) mass is 423 g/mol. The lowest BCUT2D eigenvalue weighted by Gasteiger charge is -2.30. The summed E-state index contributed by atoms with van der Waals surface area (Å²) in [7, 11) is 3.92. The zero-order valence-corrected chi connectivity index (χ0v) is 19.4. The molecule has 2 aromatic carbocycles. The van der Waals surface area contributed by atoms with Gasteiger partial charge in [-0.25, -0.2) is 10.8 Å². The van der Waals surface area contributed by atoms with Gasteiger partial charge < -0.3 is 10.6 Å². The third-order valence-electron chi connectivity index (χ3n) is 3.79. The lowest BCUT2D eigenvalue weighted by atomic mass is 10.1. The number of hydrazine groups is 1. The van der Waals surface area contributed by atoms with Gasteiger partial charge in [0.2, 0.25) is 0 Å². The summed E-state index contributed by atoms with van der Waals surface area (Å²) in [5.41, 5.74) is 8.16.